The number of ether oxygens (including phenoxy) is 1. The Labute approximate surface area is 219 Å². The molecule has 0 atom stereocenters. The van der Waals surface area contributed by atoms with E-state index in [0.29, 0.717) is 50.2 Å². The summed E-state index contributed by atoms with van der Waals surface area (Å²) in [5.41, 5.74) is 1.16. The van der Waals surface area contributed by atoms with Crippen LogP contribution in [0.3, 0.4) is 0 Å². The predicted octanol–water partition coefficient (Wildman–Crippen LogP) is 4.29. The third-order valence-electron chi connectivity index (χ3n) is 6.43. The standard InChI is InChI=1S/C24H23Cl2N5O4S/c1-29-18-6-7-31(20(18)22(33)30(2)24(29)34)10-19(32)28-23-27-17(12-36-23)14-8-15(25)21(16(26)9-14)35-11-13-4-3-5-13/h6-9,12-13H,3-5,10-11H2,1-2H3,(H,27,28,32). The normalized spacial score (nSPS) is 13.7. The van der Waals surface area contributed by atoms with Crippen LogP contribution >= 0.6 is 34.5 Å². The second kappa shape index (κ2) is 9.76. The highest BCUT2D eigenvalue weighted by Crippen LogP contribution is 2.39. The number of hydrogen-bond acceptors (Lipinski definition) is 6. The molecule has 12 heteroatoms. The average Bonchev–Trinajstić information content (AvgIpc) is 3.44. The molecular weight excluding hydrogens is 525 g/mol. The van der Waals surface area contributed by atoms with E-state index in [9.17, 15) is 14.4 Å². The molecule has 1 aromatic carbocycles. The fourth-order valence-electron chi connectivity index (χ4n) is 4.15. The van der Waals surface area contributed by atoms with Crippen LogP contribution in [0.1, 0.15) is 19.3 Å². The van der Waals surface area contributed by atoms with Gasteiger partial charge in [-0.3, -0.25) is 18.7 Å². The fraction of sp³-hybridized carbons (Fsp3) is 0.333. The fourth-order valence-corrected chi connectivity index (χ4v) is 5.49. The quantitative estimate of drug-likeness (QED) is 0.372. The zero-order valence-corrected chi connectivity index (χ0v) is 21.9. The van der Waals surface area contributed by atoms with Crippen molar-refractivity contribution in [1.82, 2.24) is 18.7 Å². The minimum atomic E-state index is -0.462. The summed E-state index contributed by atoms with van der Waals surface area (Å²) in [5, 5.41) is 5.77. The molecule has 0 bridgehead atoms. The van der Waals surface area contributed by atoms with Gasteiger partial charge in [-0.1, -0.05) is 29.6 Å². The number of aromatic nitrogens is 4. The van der Waals surface area contributed by atoms with Gasteiger partial charge in [-0.25, -0.2) is 9.78 Å². The van der Waals surface area contributed by atoms with E-state index in [2.05, 4.69) is 10.3 Å². The summed E-state index contributed by atoms with van der Waals surface area (Å²) < 4.78 is 9.75. The second-order valence-electron chi connectivity index (χ2n) is 8.85. The van der Waals surface area contributed by atoms with Crippen molar-refractivity contribution in [1.29, 1.82) is 0 Å². The number of carbonyl (C=O) groups is 1. The summed E-state index contributed by atoms with van der Waals surface area (Å²) >= 11 is 14.1. The van der Waals surface area contributed by atoms with E-state index in [1.165, 1.54) is 33.9 Å². The van der Waals surface area contributed by atoms with Crippen LogP contribution in [-0.2, 0) is 25.4 Å². The number of nitrogens with one attached hydrogen (secondary N) is 1. The predicted molar refractivity (Wildman–Crippen MR) is 141 cm³/mol. The molecule has 1 aliphatic rings. The molecule has 188 valence electrons. The number of rotatable bonds is 7. The third-order valence-corrected chi connectivity index (χ3v) is 7.75. The average molecular weight is 548 g/mol. The second-order valence-corrected chi connectivity index (χ2v) is 10.5. The van der Waals surface area contributed by atoms with Gasteiger partial charge >= 0.3 is 5.69 Å². The summed E-state index contributed by atoms with van der Waals surface area (Å²) in [6.07, 6.45) is 5.17. The van der Waals surface area contributed by atoms with Crippen molar-refractivity contribution in [3.63, 3.8) is 0 Å². The molecule has 4 aromatic rings. The molecule has 3 aromatic heterocycles. The monoisotopic (exact) mass is 547 g/mol. The number of aryl methyl sites for hydroxylation is 1. The van der Waals surface area contributed by atoms with E-state index >= 15 is 0 Å². The lowest BCUT2D eigenvalue weighted by Crippen LogP contribution is -2.37. The number of carbonyl (C=O) groups excluding carboxylic acids is 1. The highest BCUT2D eigenvalue weighted by Gasteiger charge is 2.20. The van der Waals surface area contributed by atoms with Crippen LogP contribution in [0.15, 0.2) is 39.4 Å². The Morgan fingerprint density at radius 3 is 2.58 bits per heavy atom. The van der Waals surface area contributed by atoms with Gasteiger partial charge < -0.3 is 14.6 Å². The Morgan fingerprint density at radius 1 is 1.19 bits per heavy atom. The summed E-state index contributed by atoms with van der Waals surface area (Å²) in [6.45, 7) is 0.487. The zero-order valence-electron chi connectivity index (χ0n) is 19.6. The maximum absolute atomic E-state index is 12.7. The van der Waals surface area contributed by atoms with E-state index in [1.54, 1.807) is 36.8 Å². The molecule has 1 aliphatic carbocycles. The lowest BCUT2D eigenvalue weighted by molar-refractivity contribution is -0.116. The zero-order chi connectivity index (χ0) is 25.6. The SMILES string of the molecule is Cn1c(=O)c2c(ccn2CC(=O)Nc2nc(-c3cc(Cl)c(OCC4CCC4)c(Cl)c3)cs2)n(C)c1=O. The van der Waals surface area contributed by atoms with Crippen molar-refractivity contribution in [2.24, 2.45) is 20.0 Å². The molecular formula is C24H23Cl2N5O4S. The molecule has 9 nitrogen and oxygen atoms in total. The molecule has 0 unspecified atom stereocenters. The molecule has 1 fully saturated rings. The summed E-state index contributed by atoms with van der Waals surface area (Å²) in [6, 6.07) is 5.13. The van der Waals surface area contributed by atoms with Crippen LogP contribution in [0.4, 0.5) is 5.13 Å². The first-order valence-corrected chi connectivity index (χ1v) is 13.0. The van der Waals surface area contributed by atoms with Gasteiger partial charge in [0.05, 0.1) is 27.9 Å². The van der Waals surface area contributed by atoms with Crippen molar-refractivity contribution >= 4 is 56.6 Å². The lowest BCUT2D eigenvalue weighted by Gasteiger charge is -2.25. The van der Waals surface area contributed by atoms with Crippen molar-refractivity contribution in [2.75, 3.05) is 11.9 Å². The maximum Gasteiger partial charge on any atom is 0.331 e. The highest BCUT2D eigenvalue weighted by atomic mass is 35.5. The van der Waals surface area contributed by atoms with Gasteiger partial charge in [0.1, 0.15) is 12.1 Å². The molecule has 1 amide bonds. The van der Waals surface area contributed by atoms with Gasteiger partial charge in [0.25, 0.3) is 5.56 Å². The van der Waals surface area contributed by atoms with Crippen LogP contribution in [0, 0.1) is 5.92 Å². The first-order chi connectivity index (χ1) is 17.2. The molecule has 5 rings (SSSR count). The Bertz CT molecular complexity index is 1580. The van der Waals surface area contributed by atoms with Crippen LogP contribution < -0.4 is 21.3 Å². The number of amides is 1. The van der Waals surface area contributed by atoms with E-state index < -0.39 is 11.2 Å². The Kier molecular flexibility index (Phi) is 6.67. The van der Waals surface area contributed by atoms with Crippen LogP contribution in [0.2, 0.25) is 10.0 Å². The summed E-state index contributed by atoms with van der Waals surface area (Å²) in [5.74, 6) is 0.668. The highest BCUT2D eigenvalue weighted by molar-refractivity contribution is 7.14. The van der Waals surface area contributed by atoms with E-state index in [4.69, 9.17) is 27.9 Å². The molecule has 36 heavy (non-hydrogen) atoms. The Balaban J connectivity index is 1.30. The van der Waals surface area contributed by atoms with Crippen LogP contribution in [0.25, 0.3) is 22.3 Å². The van der Waals surface area contributed by atoms with Crippen LogP contribution in [-0.4, -0.2) is 31.2 Å². The number of anilines is 1. The van der Waals surface area contributed by atoms with Crippen molar-refractivity contribution in [3.8, 4) is 17.0 Å². The van der Waals surface area contributed by atoms with Gasteiger partial charge in [0.15, 0.2) is 10.9 Å². The van der Waals surface area contributed by atoms with Crippen molar-refractivity contribution < 1.29 is 9.53 Å². The first kappa shape index (κ1) is 24.6. The maximum atomic E-state index is 12.7. The largest absolute Gasteiger partial charge is 0.490 e. The molecule has 0 spiro atoms. The van der Waals surface area contributed by atoms with Gasteiger partial charge in [-0.05, 0) is 37.0 Å². The summed E-state index contributed by atoms with van der Waals surface area (Å²) in [4.78, 5) is 42.0. The van der Waals surface area contributed by atoms with E-state index in [1.807, 2.05) is 0 Å². The molecule has 0 radical (unpaired) electrons. The van der Waals surface area contributed by atoms with Gasteiger partial charge in [-0.15, -0.1) is 11.3 Å². The topological polar surface area (TPSA) is 100 Å². The van der Waals surface area contributed by atoms with E-state index in [-0.39, 0.29) is 18.0 Å². The Morgan fingerprint density at radius 2 is 1.92 bits per heavy atom. The third kappa shape index (κ3) is 4.56. The number of halogens is 2. The van der Waals surface area contributed by atoms with Crippen molar-refractivity contribution in [2.45, 2.75) is 25.8 Å². The molecule has 1 N–H and O–H groups in total. The number of benzene rings is 1. The smallest absolute Gasteiger partial charge is 0.331 e. The van der Waals surface area contributed by atoms with Gasteiger partial charge in [0, 0.05) is 31.2 Å². The van der Waals surface area contributed by atoms with Gasteiger partial charge in [-0.2, -0.15) is 0 Å². The number of nitrogens with zero attached hydrogens (tertiary/aromatic N) is 4. The minimum absolute atomic E-state index is 0.115. The molecule has 0 aliphatic heterocycles. The lowest BCUT2D eigenvalue weighted by atomic mass is 9.86. The molecule has 1 saturated carbocycles. The summed E-state index contributed by atoms with van der Waals surface area (Å²) in [7, 11) is 2.99. The van der Waals surface area contributed by atoms with Crippen molar-refractivity contribution in [3.05, 3.63) is 60.7 Å². The van der Waals surface area contributed by atoms with Gasteiger partial charge in [0.2, 0.25) is 5.91 Å². The van der Waals surface area contributed by atoms with E-state index in [0.717, 1.165) is 17.4 Å². The molecule has 3 heterocycles. The number of hydrogen-bond donors (Lipinski definition) is 1. The minimum Gasteiger partial charge on any atom is -0.490 e. The molecule has 0 saturated heterocycles. The number of fused-ring (bicyclic) bond motifs is 1. The van der Waals surface area contributed by atoms with Crippen LogP contribution in [0.5, 0.6) is 5.75 Å². The Hall–Kier alpha value is -3.08. The number of thiazole rings is 1. The first-order valence-electron chi connectivity index (χ1n) is 11.4.